The molecule has 0 saturated heterocycles. The molecule has 0 amide bonds. The highest BCUT2D eigenvalue weighted by molar-refractivity contribution is 6.32. The number of aromatic nitrogens is 2. The number of hydrogen-bond donors (Lipinski definition) is 2. The standard InChI is InChI=1S/C13H24ClN5/c1-5-7-15-13-16-9-11(14)12(18-13)17-10(2)6-8-19(3)4/h9-10H,5-8H2,1-4H3,(H2,15,16,17,18). The molecule has 19 heavy (non-hydrogen) atoms. The molecule has 0 spiro atoms. The average molecular weight is 286 g/mol. The Labute approximate surface area is 120 Å². The van der Waals surface area contributed by atoms with Crippen molar-refractivity contribution in [1.82, 2.24) is 14.9 Å². The molecule has 0 aromatic carbocycles. The Bertz CT molecular complexity index is 383. The lowest BCUT2D eigenvalue weighted by Gasteiger charge is -2.18. The summed E-state index contributed by atoms with van der Waals surface area (Å²) in [4.78, 5) is 10.7. The van der Waals surface area contributed by atoms with Crippen molar-refractivity contribution in [2.24, 2.45) is 0 Å². The number of halogens is 1. The zero-order chi connectivity index (χ0) is 14.3. The maximum Gasteiger partial charge on any atom is 0.224 e. The molecule has 0 fully saturated rings. The lowest BCUT2D eigenvalue weighted by atomic mass is 10.2. The highest BCUT2D eigenvalue weighted by Gasteiger charge is 2.09. The first-order valence-electron chi connectivity index (χ1n) is 6.70. The minimum Gasteiger partial charge on any atom is -0.366 e. The smallest absolute Gasteiger partial charge is 0.224 e. The second-order valence-corrected chi connectivity index (χ2v) is 5.36. The van der Waals surface area contributed by atoms with Gasteiger partial charge in [-0.25, -0.2) is 4.98 Å². The molecule has 0 radical (unpaired) electrons. The molecule has 5 nitrogen and oxygen atoms in total. The topological polar surface area (TPSA) is 53.1 Å². The molecular weight excluding hydrogens is 262 g/mol. The van der Waals surface area contributed by atoms with Crippen LogP contribution in [0.2, 0.25) is 5.02 Å². The van der Waals surface area contributed by atoms with Crippen LogP contribution in [0.3, 0.4) is 0 Å². The summed E-state index contributed by atoms with van der Waals surface area (Å²) >= 11 is 6.11. The molecule has 1 atom stereocenters. The fourth-order valence-electron chi connectivity index (χ4n) is 1.55. The van der Waals surface area contributed by atoms with Gasteiger partial charge in [-0.1, -0.05) is 18.5 Å². The van der Waals surface area contributed by atoms with Crippen molar-refractivity contribution in [2.75, 3.05) is 37.8 Å². The summed E-state index contributed by atoms with van der Waals surface area (Å²) in [5.41, 5.74) is 0. The van der Waals surface area contributed by atoms with Gasteiger partial charge in [0.15, 0.2) is 5.82 Å². The summed E-state index contributed by atoms with van der Waals surface area (Å²) in [5, 5.41) is 7.04. The van der Waals surface area contributed by atoms with Crippen molar-refractivity contribution < 1.29 is 0 Å². The molecule has 0 aliphatic heterocycles. The minimum atomic E-state index is 0.314. The minimum absolute atomic E-state index is 0.314. The van der Waals surface area contributed by atoms with Crippen LogP contribution in [0.25, 0.3) is 0 Å². The monoisotopic (exact) mass is 285 g/mol. The fourth-order valence-corrected chi connectivity index (χ4v) is 1.69. The van der Waals surface area contributed by atoms with Crippen molar-refractivity contribution in [3.8, 4) is 0 Å². The van der Waals surface area contributed by atoms with E-state index in [1.54, 1.807) is 6.20 Å². The van der Waals surface area contributed by atoms with Crippen LogP contribution < -0.4 is 10.6 Å². The van der Waals surface area contributed by atoms with Crippen LogP contribution in [-0.2, 0) is 0 Å². The van der Waals surface area contributed by atoms with Crippen LogP contribution in [0.5, 0.6) is 0 Å². The summed E-state index contributed by atoms with van der Waals surface area (Å²) in [6.45, 7) is 6.11. The van der Waals surface area contributed by atoms with Gasteiger partial charge in [-0.3, -0.25) is 0 Å². The van der Waals surface area contributed by atoms with Crippen LogP contribution in [0, 0.1) is 0 Å². The maximum atomic E-state index is 6.11. The predicted octanol–water partition coefficient (Wildman–Crippen LogP) is 2.70. The second kappa shape index (κ2) is 8.17. The fraction of sp³-hybridized carbons (Fsp3) is 0.692. The number of nitrogens with one attached hydrogen (secondary N) is 2. The van der Waals surface area contributed by atoms with Crippen LogP contribution >= 0.6 is 11.6 Å². The molecule has 108 valence electrons. The highest BCUT2D eigenvalue weighted by Crippen LogP contribution is 2.20. The van der Waals surface area contributed by atoms with Crippen molar-refractivity contribution >= 4 is 23.4 Å². The number of anilines is 2. The number of nitrogens with zero attached hydrogens (tertiary/aromatic N) is 3. The third-order valence-corrected chi connectivity index (χ3v) is 2.95. The van der Waals surface area contributed by atoms with Crippen molar-refractivity contribution in [3.05, 3.63) is 11.2 Å². The van der Waals surface area contributed by atoms with E-state index in [0.717, 1.165) is 25.9 Å². The van der Waals surface area contributed by atoms with Crippen molar-refractivity contribution in [1.29, 1.82) is 0 Å². The quantitative estimate of drug-likeness (QED) is 0.769. The first-order valence-corrected chi connectivity index (χ1v) is 7.08. The van der Waals surface area contributed by atoms with E-state index < -0.39 is 0 Å². The van der Waals surface area contributed by atoms with Crippen molar-refractivity contribution in [2.45, 2.75) is 32.7 Å². The van der Waals surface area contributed by atoms with E-state index in [1.165, 1.54) is 0 Å². The number of rotatable bonds is 8. The zero-order valence-electron chi connectivity index (χ0n) is 12.2. The van der Waals surface area contributed by atoms with Crippen LogP contribution in [0.4, 0.5) is 11.8 Å². The molecule has 2 N–H and O–H groups in total. The van der Waals surface area contributed by atoms with Gasteiger partial charge in [-0.15, -0.1) is 0 Å². The molecule has 1 unspecified atom stereocenters. The maximum absolute atomic E-state index is 6.11. The molecule has 1 heterocycles. The second-order valence-electron chi connectivity index (χ2n) is 4.95. The van der Waals surface area contributed by atoms with Gasteiger partial charge in [0.2, 0.25) is 5.95 Å². The van der Waals surface area contributed by atoms with Crippen LogP contribution in [-0.4, -0.2) is 48.1 Å². The molecule has 0 aliphatic carbocycles. The SMILES string of the molecule is CCCNc1ncc(Cl)c(NC(C)CCN(C)C)n1. The summed E-state index contributed by atoms with van der Waals surface area (Å²) in [5.74, 6) is 1.31. The molecular formula is C13H24ClN5. The van der Waals surface area contributed by atoms with Gasteiger partial charge >= 0.3 is 0 Å². The van der Waals surface area contributed by atoms with E-state index in [2.05, 4.69) is 53.4 Å². The Balaban J connectivity index is 2.60. The molecule has 0 saturated carbocycles. The summed E-state index contributed by atoms with van der Waals surface area (Å²) in [6.07, 6.45) is 3.70. The molecule has 0 bridgehead atoms. The third-order valence-electron chi connectivity index (χ3n) is 2.67. The van der Waals surface area contributed by atoms with Gasteiger partial charge < -0.3 is 15.5 Å². The first kappa shape index (κ1) is 16.0. The van der Waals surface area contributed by atoms with Gasteiger partial charge in [0, 0.05) is 12.6 Å². The molecule has 1 rings (SSSR count). The Morgan fingerprint density at radius 1 is 1.42 bits per heavy atom. The summed E-state index contributed by atoms with van der Waals surface area (Å²) in [7, 11) is 4.13. The average Bonchev–Trinajstić information content (AvgIpc) is 2.37. The Morgan fingerprint density at radius 2 is 2.16 bits per heavy atom. The normalized spacial score (nSPS) is 12.5. The van der Waals surface area contributed by atoms with Gasteiger partial charge in [0.25, 0.3) is 0 Å². The first-order chi connectivity index (χ1) is 9.02. The predicted molar refractivity (Wildman–Crippen MR) is 82.1 cm³/mol. The van der Waals surface area contributed by atoms with Crippen LogP contribution in [0.15, 0.2) is 6.20 Å². The van der Waals surface area contributed by atoms with Crippen molar-refractivity contribution in [3.63, 3.8) is 0 Å². The van der Waals surface area contributed by atoms with E-state index in [1.807, 2.05) is 0 Å². The zero-order valence-corrected chi connectivity index (χ0v) is 13.0. The Morgan fingerprint density at radius 3 is 2.79 bits per heavy atom. The molecule has 1 aromatic rings. The lowest BCUT2D eigenvalue weighted by Crippen LogP contribution is -2.23. The summed E-state index contributed by atoms with van der Waals surface area (Å²) in [6, 6.07) is 0.314. The van der Waals surface area contributed by atoms with E-state index >= 15 is 0 Å². The highest BCUT2D eigenvalue weighted by atomic mass is 35.5. The van der Waals surface area contributed by atoms with E-state index in [0.29, 0.717) is 22.8 Å². The van der Waals surface area contributed by atoms with Gasteiger partial charge in [-0.2, -0.15) is 4.98 Å². The Kier molecular flexibility index (Phi) is 6.87. The molecule has 6 heteroatoms. The van der Waals surface area contributed by atoms with E-state index in [4.69, 9.17) is 11.6 Å². The number of hydrogen-bond acceptors (Lipinski definition) is 5. The van der Waals surface area contributed by atoms with E-state index in [-0.39, 0.29) is 0 Å². The largest absolute Gasteiger partial charge is 0.366 e. The van der Waals surface area contributed by atoms with E-state index in [9.17, 15) is 0 Å². The van der Waals surface area contributed by atoms with Gasteiger partial charge in [-0.05, 0) is 40.4 Å². The van der Waals surface area contributed by atoms with Gasteiger partial charge in [0.1, 0.15) is 5.02 Å². The lowest BCUT2D eigenvalue weighted by molar-refractivity contribution is 0.390. The third kappa shape index (κ3) is 6.07. The summed E-state index contributed by atoms with van der Waals surface area (Å²) < 4.78 is 0. The van der Waals surface area contributed by atoms with Gasteiger partial charge in [0.05, 0.1) is 6.20 Å². The van der Waals surface area contributed by atoms with Crippen LogP contribution in [0.1, 0.15) is 26.7 Å². The Hall–Kier alpha value is -1.07. The molecule has 0 aliphatic rings. The molecule has 1 aromatic heterocycles.